The third kappa shape index (κ3) is 3.27. The molecule has 7 aromatic carbocycles. The highest BCUT2D eigenvalue weighted by Gasteiger charge is 2.51. The van der Waals surface area contributed by atoms with Gasteiger partial charge in [0.05, 0.1) is 16.4 Å². The Bertz CT molecular complexity index is 2340. The Hall–Kier alpha value is -5.66. The highest BCUT2D eigenvalue weighted by Crippen LogP contribution is 2.62. The van der Waals surface area contributed by atoms with Crippen LogP contribution < -0.4 is 0 Å². The second kappa shape index (κ2) is 9.17. The lowest BCUT2D eigenvalue weighted by Gasteiger charge is -2.30. The summed E-state index contributed by atoms with van der Waals surface area (Å²) in [7, 11) is 0. The van der Waals surface area contributed by atoms with Crippen LogP contribution in [0.25, 0.3) is 49.7 Å². The summed E-state index contributed by atoms with van der Waals surface area (Å²) in [5.74, 6) is 0. The van der Waals surface area contributed by atoms with Gasteiger partial charge in [0, 0.05) is 16.5 Å². The normalized spacial score (nSPS) is 13.6. The minimum Gasteiger partial charge on any atom is -0.309 e. The van der Waals surface area contributed by atoms with E-state index >= 15 is 0 Å². The summed E-state index contributed by atoms with van der Waals surface area (Å²) in [4.78, 5) is 0. The van der Waals surface area contributed by atoms with Gasteiger partial charge < -0.3 is 4.57 Å². The first-order valence-electron chi connectivity index (χ1n) is 15.8. The molecule has 2 aliphatic rings. The first kappa shape index (κ1) is 24.7. The summed E-state index contributed by atoms with van der Waals surface area (Å²) in [6.45, 7) is 0. The zero-order chi connectivity index (χ0) is 29.5. The van der Waals surface area contributed by atoms with Crippen molar-refractivity contribution < 1.29 is 0 Å². The summed E-state index contributed by atoms with van der Waals surface area (Å²) < 4.78 is 2.39. The van der Waals surface area contributed by atoms with Crippen molar-refractivity contribution in [2.45, 2.75) is 11.8 Å². The van der Waals surface area contributed by atoms with Crippen molar-refractivity contribution in [3.63, 3.8) is 0 Å². The van der Waals surface area contributed by atoms with Gasteiger partial charge in [-0.15, -0.1) is 0 Å². The van der Waals surface area contributed by atoms with Crippen molar-refractivity contribution in [1.82, 2.24) is 4.57 Å². The van der Waals surface area contributed by atoms with E-state index in [1.807, 2.05) is 0 Å². The standard InChI is InChI=1S/C44H29N/c1-6-16-38-32(11-1)33-12-2-7-17-39(33)44(38)40-18-8-3-13-34(40)35-26-23-30(28-41(35)44)27-29-21-24-31(25-22-29)45-42-19-9-4-14-36(42)37-15-5-10-20-43(37)45/h1-26,28H,27H2. The Kier molecular flexibility index (Phi) is 5.04. The highest BCUT2D eigenvalue weighted by molar-refractivity contribution is 6.09. The Morgan fingerprint density at radius 1 is 0.378 bits per heavy atom. The van der Waals surface area contributed by atoms with Crippen LogP contribution in [0.4, 0.5) is 0 Å². The largest absolute Gasteiger partial charge is 0.309 e. The van der Waals surface area contributed by atoms with Gasteiger partial charge in [-0.2, -0.15) is 0 Å². The van der Waals surface area contributed by atoms with E-state index in [9.17, 15) is 0 Å². The number of hydrogen-bond donors (Lipinski definition) is 0. The average molecular weight is 572 g/mol. The third-order valence-electron chi connectivity index (χ3n) is 10.2. The molecular weight excluding hydrogens is 542 g/mol. The molecule has 0 radical (unpaired) electrons. The molecule has 1 aromatic heterocycles. The van der Waals surface area contributed by atoms with Crippen LogP contribution in [0.1, 0.15) is 33.4 Å². The monoisotopic (exact) mass is 571 g/mol. The molecule has 0 amide bonds. The van der Waals surface area contributed by atoms with Crippen LogP contribution in [0.15, 0.2) is 164 Å². The first-order chi connectivity index (χ1) is 22.3. The lowest BCUT2D eigenvalue weighted by atomic mass is 9.70. The fourth-order valence-electron chi connectivity index (χ4n) is 8.45. The summed E-state index contributed by atoms with van der Waals surface area (Å²) in [5, 5.41) is 2.58. The minimum absolute atomic E-state index is 0.296. The maximum Gasteiger partial charge on any atom is 0.0725 e. The molecule has 45 heavy (non-hydrogen) atoms. The van der Waals surface area contributed by atoms with Gasteiger partial charge in [0.1, 0.15) is 0 Å². The van der Waals surface area contributed by atoms with Crippen LogP contribution >= 0.6 is 0 Å². The van der Waals surface area contributed by atoms with E-state index < -0.39 is 0 Å². The molecular formula is C44H29N. The quantitative estimate of drug-likeness (QED) is 0.199. The molecule has 0 unspecified atom stereocenters. The van der Waals surface area contributed by atoms with Crippen molar-refractivity contribution >= 4 is 21.8 Å². The molecule has 0 fully saturated rings. The van der Waals surface area contributed by atoms with E-state index in [4.69, 9.17) is 0 Å². The van der Waals surface area contributed by atoms with Gasteiger partial charge in [-0.05, 0) is 86.3 Å². The summed E-state index contributed by atoms with van der Waals surface area (Å²) in [6.07, 6.45) is 0.885. The fraction of sp³-hybridized carbons (Fsp3) is 0.0455. The van der Waals surface area contributed by atoms with Crippen molar-refractivity contribution in [2.24, 2.45) is 0 Å². The molecule has 0 bridgehead atoms. The van der Waals surface area contributed by atoms with Gasteiger partial charge in [-0.1, -0.05) is 140 Å². The van der Waals surface area contributed by atoms with E-state index in [1.165, 1.54) is 83.1 Å². The number of benzene rings is 7. The molecule has 10 rings (SSSR count). The fourth-order valence-corrected chi connectivity index (χ4v) is 8.45. The van der Waals surface area contributed by atoms with E-state index in [0.29, 0.717) is 0 Å². The summed E-state index contributed by atoms with van der Waals surface area (Å²) in [5.41, 5.74) is 17.0. The number of aromatic nitrogens is 1. The van der Waals surface area contributed by atoms with Crippen LogP contribution in [0.2, 0.25) is 0 Å². The Morgan fingerprint density at radius 3 is 1.38 bits per heavy atom. The molecule has 2 aliphatic carbocycles. The van der Waals surface area contributed by atoms with Gasteiger partial charge >= 0.3 is 0 Å². The maximum atomic E-state index is 2.50. The lowest BCUT2D eigenvalue weighted by Crippen LogP contribution is -2.26. The Labute approximate surface area is 262 Å². The van der Waals surface area contributed by atoms with Crippen molar-refractivity contribution in [1.29, 1.82) is 0 Å². The minimum atomic E-state index is -0.296. The predicted molar refractivity (Wildman–Crippen MR) is 186 cm³/mol. The van der Waals surface area contributed by atoms with Gasteiger partial charge in [-0.3, -0.25) is 0 Å². The van der Waals surface area contributed by atoms with Crippen molar-refractivity contribution in [3.05, 3.63) is 197 Å². The molecule has 1 spiro atoms. The molecule has 8 aromatic rings. The Morgan fingerprint density at radius 2 is 0.822 bits per heavy atom. The van der Waals surface area contributed by atoms with Crippen LogP contribution in [0, 0.1) is 0 Å². The Balaban J connectivity index is 1.09. The third-order valence-corrected chi connectivity index (χ3v) is 10.2. The maximum absolute atomic E-state index is 2.50. The van der Waals surface area contributed by atoms with Gasteiger partial charge in [0.25, 0.3) is 0 Å². The molecule has 210 valence electrons. The lowest BCUT2D eigenvalue weighted by molar-refractivity contribution is 0.792. The smallest absolute Gasteiger partial charge is 0.0725 e. The number of rotatable bonds is 3. The zero-order valence-corrected chi connectivity index (χ0v) is 24.7. The number of nitrogens with zero attached hydrogens (tertiary/aromatic N) is 1. The van der Waals surface area contributed by atoms with Crippen LogP contribution in [0.5, 0.6) is 0 Å². The summed E-state index contributed by atoms with van der Waals surface area (Å²) >= 11 is 0. The van der Waals surface area contributed by atoms with Crippen LogP contribution in [0.3, 0.4) is 0 Å². The van der Waals surface area contributed by atoms with Crippen molar-refractivity contribution in [2.75, 3.05) is 0 Å². The molecule has 1 nitrogen and oxygen atoms in total. The zero-order valence-electron chi connectivity index (χ0n) is 24.7. The van der Waals surface area contributed by atoms with Gasteiger partial charge in [0.15, 0.2) is 0 Å². The molecule has 0 saturated heterocycles. The van der Waals surface area contributed by atoms with Crippen molar-refractivity contribution in [3.8, 4) is 27.9 Å². The molecule has 1 heterocycles. The van der Waals surface area contributed by atoms with Crippen LogP contribution in [-0.4, -0.2) is 4.57 Å². The molecule has 0 saturated carbocycles. The molecule has 0 N–H and O–H groups in total. The van der Waals surface area contributed by atoms with Gasteiger partial charge in [0.2, 0.25) is 0 Å². The SMILES string of the molecule is c1ccc2c(c1)-c1ccccc1C21c2ccccc2-c2ccc(Cc3ccc(-n4c5ccccc5c5ccccc54)cc3)cc21. The molecule has 1 heteroatoms. The molecule has 0 aliphatic heterocycles. The van der Waals surface area contributed by atoms with Gasteiger partial charge in [-0.25, -0.2) is 0 Å². The second-order valence-corrected chi connectivity index (χ2v) is 12.5. The second-order valence-electron chi connectivity index (χ2n) is 12.5. The number of para-hydroxylation sites is 2. The van der Waals surface area contributed by atoms with Crippen LogP contribution in [-0.2, 0) is 11.8 Å². The summed E-state index contributed by atoms with van der Waals surface area (Å²) in [6, 6.07) is 60.9. The predicted octanol–water partition coefficient (Wildman–Crippen LogP) is 10.7. The van der Waals surface area contributed by atoms with E-state index in [2.05, 4.69) is 168 Å². The topological polar surface area (TPSA) is 4.93 Å². The first-order valence-corrected chi connectivity index (χ1v) is 15.8. The van der Waals surface area contributed by atoms with E-state index in [1.54, 1.807) is 0 Å². The average Bonchev–Trinajstić information content (AvgIpc) is 3.71. The highest BCUT2D eigenvalue weighted by atomic mass is 15.0. The van der Waals surface area contributed by atoms with E-state index in [-0.39, 0.29) is 5.41 Å². The number of hydrogen-bond acceptors (Lipinski definition) is 0. The van der Waals surface area contributed by atoms with E-state index in [0.717, 1.165) is 6.42 Å². The number of fused-ring (bicyclic) bond motifs is 13. The molecule has 0 atom stereocenters.